The molecule has 4 aliphatic rings. The van der Waals surface area contributed by atoms with Crippen molar-refractivity contribution in [3.05, 3.63) is 69.6 Å². The lowest BCUT2D eigenvalue weighted by atomic mass is 9.60. The second kappa shape index (κ2) is 9.33. The number of amides is 1. The predicted molar refractivity (Wildman–Crippen MR) is 156 cm³/mol. The number of hydrogen-bond donors (Lipinski definition) is 6. The van der Waals surface area contributed by atoms with E-state index >= 15 is 0 Å². The van der Waals surface area contributed by atoms with E-state index < -0.39 is 63.6 Å². The Kier molecular flexibility index (Phi) is 6.34. The molecule has 2 unspecified atom stereocenters. The van der Waals surface area contributed by atoms with Crippen LogP contribution < -0.4 is 16.4 Å². The van der Waals surface area contributed by atoms with Crippen molar-refractivity contribution >= 4 is 17.4 Å². The Bertz CT molecular complexity index is 1610. The SMILES string of the molecule is CN(C)c1cc(CC(C)(N)Cc2ccco2)c(O)c2c1C[C@H]1C[C@H]3[C@H](N(C)C)C(O)=C(C(N)=O)C4(O)O[C@]34C(O)=C1C2=O. The molecule has 2 heterocycles. The van der Waals surface area contributed by atoms with Crippen LogP contribution in [-0.2, 0) is 28.8 Å². The van der Waals surface area contributed by atoms with E-state index in [4.69, 9.17) is 20.6 Å². The Balaban J connectivity index is 1.48. The number of ether oxygens (including phenoxy) is 1. The van der Waals surface area contributed by atoms with Gasteiger partial charge in [-0.05, 0) is 75.5 Å². The number of fused-ring (bicyclic) bond motifs is 2. The number of nitrogens with two attached hydrogens (primary N) is 2. The van der Waals surface area contributed by atoms with Gasteiger partial charge in [-0.1, -0.05) is 0 Å². The van der Waals surface area contributed by atoms with Crippen molar-refractivity contribution in [3.63, 3.8) is 0 Å². The van der Waals surface area contributed by atoms with Gasteiger partial charge in [0.1, 0.15) is 28.6 Å². The molecule has 1 aliphatic heterocycles. The van der Waals surface area contributed by atoms with Crippen LogP contribution in [0.5, 0.6) is 5.75 Å². The van der Waals surface area contributed by atoms with Crippen LogP contribution in [-0.4, -0.2) is 88.2 Å². The predicted octanol–water partition coefficient (Wildman–Crippen LogP) is 1.44. The molecule has 0 bridgehead atoms. The molecule has 12 heteroatoms. The van der Waals surface area contributed by atoms with Crippen molar-refractivity contribution < 1.29 is 39.2 Å². The van der Waals surface area contributed by atoms with Gasteiger partial charge in [-0.15, -0.1) is 0 Å². The molecule has 3 aliphatic carbocycles. The zero-order valence-corrected chi connectivity index (χ0v) is 24.8. The van der Waals surface area contributed by atoms with Crippen LogP contribution in [0.2, 0.25) is 0 Å². The summed E-state index contributed by atoms with van der Waals surface area (Å²) in [6, 6.07) is 4.61. The van der Waals surface area contributed by atoms with E-state index in [1.165, 1.54) is 0 Å². The molecule has 6 rings (SSSR count). The van der Waals surface area contributed by atoms with E-state index in [1.54, 1.807) is 31.3 Å². The fourth-order valence-electron chi connectivity index (χ4n) is 7.81. The summed E-state index contributed by atoms with van der Waals surface area (Å²) in [4.78, 5) is 30.2. The molecule has 1 aromatic carbocycles. The number of Topliss-reactive ketones (excluding diaryl/α,β-unsaturated/α-hetero) is 1. The molecule has 1 fully saturated rings. The zero-order chi connectivity index (χ0) is 31.4. The lowest BCUT2D eigenvalue weighted by Gasteiger charge is -2.46. The third-order valence-corrected chi connectivity index (χ3v) is 9.52. The van der Waals surface area contributed by atoms with E-state index in [-0.39, 0.29) is 29.7 Å². The summed E-state index contributed by atoms with van der Waals surface area (Å²) in [7, 11) is 7.08. The Hall–Kier alpha value is -3.84. The number of phenolic OH excluding ortho intramolecular Hbond substituents is 1. The van der Waals surface area contributed by atoms with Gasteiger partial charge in [-0.3, -0.25) is 14.5 Å². The standard InChI is InChI=1S/C31H38N4O8/c1-29(33,13-16-7-6-8-42-16)12-15-11-19(34(2)3)17-9-14-10-18-23(35(4)5)26(38)22(28(32)40)31(41)30(18,43-31)27(39)20(14)25(37)21(17)24(15)36/h6-8,11,14,18,23,36,38-39,41H,9-10,12-13,33H2,1-5H3,(H2,32,40)/t14-,18-,23-,29?,30-,31?/m0/s1. The molecule has 1 spiro atoms. The highest BCUT2D eigenvalue weighted by atomic mass is 16.8. The normalized spacial score (nSPS) is 30.8. The number of anilines is 1. The first-order valence-electron chi connectivity index (χ1n) is 14.2. The first-order chi connectivity index (χ1) is 20.1. The maximum atomic E-state index is 14.3. The Labute approximate surface area is 248 Å². The summed E-state index contributed by atoms with van der Waals surface area (Å²) in [5, 5.41) is 46.0. The molecule has 1 amide bonds. The van der Waals surface area contributed by atoms with Crippen LogP contribution in [0.4, 0.5) is 5.69 Å². The minimum atomic E-state index is -2.39. The quantitative estimate of drug-likeness (QED) is 0.254. The first-order valence-corrected chi connectivity index (χ1v) is 14.2. The number of carbonyl (C=O) groups is 2. The van der Waals surface area contributed by atoms with Crippen molar-refractivity contribution in [1.82, 2.24) is 4.90 Å². The highest BCUT2D eigenvalue weighted by molar-refractivity contribution is 6.15. The van der Waals surface area contributed by atoms with Gasteiger partial charge in [0.25, 0.3) is 5.91 Å². The summed E-state index contributed by atoms with van der Waals surface area (Å²) in [6.07, 6.45) is 2.72. The van der Waals surface area contributed by atoms with Gasteiger partial charge in [-0.25, -0.2) is 0 Å². The lowest BCUT2D eigenvalue weighted by molar-refractivity contribution is -0.117. The van der Waals surface area contributed by atoms with Crippen molar-refractivity contribution in [3.8, 4) is 5.75 Å². The minimum Gasteiger partial charge on any atom is -0.510 e. The van der Waals surface area contributed by atoms with Crippen LogP contribution in [0.1, 0.15) is 40.6 Å². The van der Waals surface area contributed by atoms with Crippen LogP contribution in [0.3, 0.4) is 0 Å². The Morgan fingerprint density at radius 2 is 1.88 bits per heavy atom. The number of aliphatic hydroxyl groups excluding tert-OH is 2. The first kappa shape index (κ1) is 29.2. The van der Waals surface area contributed by atoms with Gasteiger partial charge in [0.2, 0.25) is 5.79 Å². The van der Waals surface area contributed by atoms with E-state index in [1.807, 2.05) is 38.1 Å². The molecule has 0 saturated carbocycles. The molecule has 6 atom stereocenters. The number of epoxide rings is 1. The summed E-state index contributed by atoms with van der Waals surface area (Å²) >= 11 is 0. The number of likely N-dealkylation sites (N-methyl/N-ethyl adjacent to an activating group) is 1. The van der Waals surface area contributed by atoms with Gasteiger partial charge in [-0.2, -0.15) is 0 Å². The lowest BCUT2D eigenvalue weighted by Crippen LogP contribution is -2.57. The smallest absolute Gasteiger partial charge is 0.253 e. The monoisotopic (exact) mass is 594 g/mol. The Morgan fingerprint density at radius 1 is 1.19 bits per heavy atom. The molecular weight excluding hydrogens is 556 g/mol. The number of ketones is 1. The summed E-state index contributed by atoms with van der Waals surface area (Å²) in [5.74, 6) is -5.79. The van der Waals surface area contributed by atoms with Crippen molar-refractivity contribution in [2.75, 3.05) is 33.1 Å². The average molecular weight is 595 g/mol. The summed E-state index contributed by atoms with van der Waals surface area (Å²) in [5.41, 5.74) is 10.8. The highest BCUT2D eigenvalue weighted by Crippen LogP contribution is 2.68. The number of rotatable bonds is 7. The van der Waals surface area contributed by atoms with Gasteiger partial charge in [0, 0.05) is 43.2 Å². The minimum absolute atomic E-state index is 0.00523. The van der Waals surface area contributed by atoms with Gasteiger partial charge < -0.3 is 45.9 Å². The van der Waals surface area contributed by atoms with Crippen LogP contribution in [0, 0.1) is 11.8 Å². The number of phenols is 1. The van der Waals surface area contributed by atoms with E-state index in [2.05, 4.69) is 0 Å². The zero-order valence-electron chi connectivity index (χ0n) is 24.8. The third-order valence-electron chi connectivity index (χ3n) is 9.52. The van der Waals surface area contributed by atoms with Crippen LogP contribution >= 0.6 is 0 Å². The molecule has 2 aromatic rings. The molecule has 43 heavy (non-hydrogen) atoms. The molecular formula is C31H38N4O8. The maximum absolute atomic E-state index is 14.3. The fraction of sp³-hybridized carbons (Fsp3) is 0.484. The molecule has 0 radical (unpaired) electrons. The average Bonchev–Trinajstić information content (AvgIpc) is 3.22. The van der Waals surface area contributed by atoms with Crippen molar-refractivity contribution in [2.24, 2.45) is 23.3 Å². The summed E-state index contributed by atoms with van der Waals surface area (Å²) < 4.78 is 11.2. The van der Waals surface area contributed by atoms with E-state index in [0.717, 1.165) is 5.69 Å². The van der Waals surface area contributed by atoms with Crippen molar-refractivity contribution in [1.29, 1.82) is 0 Å². The number of benzene rings is 1. The molecule has 230 valence electrons. The van der Waals surface area contributed by atoms with Crippen LogP contribution in [0.15, 0.2) is 51.5 Å². The van der Waals surface area contributed by atoms with Gasteiger partial charge in [0.05, 0.1) is 17.9 Å². The number of allylic oxidation sites excluding steroid dienone is 1. The largest absolute Gasteiger partial charge is 0.510 e. The number of furan rings is 1. The second-order valence-corrected chi connectivity index (χ2v) is 13.1. The second-order valence-electron chi connectivity index (χ2n) is 13.1. The number of nitrogens with zero attached hydrogens (tertiary/aromatic N) is 2. The number of primary amides is 1. The van der Waals surface area contributed by atoms with Gasteiger partial charge in [0.15, 0.2) is 11.4 Å². The summed E-state index contributed by atoms with van der Waals surface area (Å²) in [6.45, 7) is 1.84. The van der Waals surface area contributed by atoms with Gasteiger partial charge >= 0.3 is 0 Å². The van der Waals surface area contributed by atoms with Crippen LogP contribution in [0.25, 0.3) is 0 Å². The molecule has 12 nitrogen and oxygen atoms in total. The number of aliphatic hydroxyl groups is 3. The van der Waals surface area contributed by atoms with E-state index in [0.29, 0.717) is 29.7 Å². The fourth-order valence-corrected chi connectivity index (χ4v) is 7.81. The maximum Gasteiger partial charge on any atom is 0.253 e. The Morgan fingerprint density at radius 3 is 2.47 bits per heavy atom. The highest BCUT2D eigenvalue weighted by Gasteiger charge is 2.84. The molecule has 1 aromatic heterocycles. The third kappa shape index (κ3) is 3.97. The topological polar surface area (TPSA) is 199 Å². The number of carbonyl (C=O) groups excluding carboxylic acids is 2. The molecule has 8 N–H and O–H groups in total. The molecule has 1 saturated heterocycles. The number of aromatic hydroxyl groups is 1. The van der Waals surface area contributed by atoms with E-state index in [9.17, 15) is 30.0 Å². The number of hydrogen-bond acceptors (Lipinski definition) is 11. The van der Waals surface area contributed by atoms with Crippen molar-refractivity contribution in [2.45, 2.75) is 55.6 Å².